The predicted octanol–water partition coefficient (Wildman–Crippen LogP) is 3.36. The van der Waals surface area contributed by atoms with Crippen LogP contribution in [0.25, 0.3) is 6.08 Å². The molecule has 0 bridgehead atoms. The van der Waals surface area contributed by atoms with E-state index in [0.29, 0.717) is 37.8 Å². The lowest BCUT2D eigenvalue weighted by Gasteiger charge is -2.28. The number of hydrogen-bond acceptors (Lipinski definition) is 6. The van der Waals surface area contributed by atoms with Crippen LogP contribution in [0.2, 0.25) is 0 Å². The van der Waals surface area contributed by atoms with E-state index in [2.05, 4.69) is 51.8 Å². The lowest BCUT2D eigenvalue weighted by atomic mass is 10.2. The lowest BCUT2D eigenvalue weighted by molar-refractivity contribution is -0.139. The maximum Gasteiger partial charge on any atom is 0.294 e. The van der Waals surface area contributed by atoms with E-state index in [1.165, 1.54) is 0 Å². The van der Waals surface area contributed by atoms with E-state index in [9.17, 15) is 14.4 Å². The first-order valence-electron chi connectivity index (χ1n) is 8.74. The molecule has 154 valence electrons. The van der Waals surface area contributed by atoms with Crippen molar-refractivity contribution in [3.8, 4) is 5.75 Å². The minimum absolute atomic E-state index is 0.245. The Morgan fingerprint density at radius 1 is 1.24 bits per heavy atom. The number of benzene rings is 1. The SMILES string of the molecule is C=CCOc1c(I)cc(/C=C2/SC(=O)N(CC(=O)N3CCOCC3)C2=O)cc1I. The number of ether oxygens (including phenoxy) is 2. The average molecular weight is 640 g/mol. The smallest absolute Gasteiger partial charge is 0.294 e. The Balaban J connectivity index is 1.74. The van der Waals surface area contributed by atoms with Crippen LogP contribution in [-0.2, 0) is 14.3 Å². The molecule has 0 unspecified atom stereocenters. The summed E-state index contributed by atoms with van der Waals surface area (Å²) in [6.45, 7) is 5.69. The Labute approximate surface area is 200 Å². The van der Waals surface area contributed by atoms with Crippen LogP contribution in [0.4, 0.5) is 4.79 Å². The highest BCUT2D eigenvalue weighted by molar-refractivity contribution is 14.1. The van der Waals surface area contributed by atoms with E-state index in [-0.39, 0.29) is 12.5 Å². The van der Waals surface area contributed by atoms with Gasteiger partial charge in [-0.1, -0.05) is 12.7 Å². The van der Waals surface area contributed by atoms with Gasteiger partial charge in [-0.3, -0.25) is 19.3 Å². The van der Waals surface area contributed by atoms with Gasteiger partial charge in [0.25, 0.3) is 11.1 Å². The Morgan fingerprint density at radius 2 is 1.90 bits per heavy atom. The van der Waals surface area contributed by atoms with Gasteiger partial charge in [0.2, 0.25) is 5.91 Å². The standard InChI is InChI=1S/C19H18I2N2O5S/c1-2-5-28-17-13(20)8-12(9-14(17)21)10-15-18(25)23(19(26)29-15)11-16(24)22-3-6-27-7-4-22/h2,8-10H,1,3-7,11H2/b15-10+. The van der Waals surface area contributed by atoms with Crippen LogP contribution in [0.3, 0.4) is 0 Å². The molecule has 0 radical (unpaired) electrons. The second kappa shape index (κ2) is 10.3. The second-order valence-corrected chi connectivity index (χ2v) is 9.49. The molecule has 0 atom stereocenters. The van der Waals surface area contributed by atoms with Gasteiger partial charge in [-0.2, -0.15) is 0 Å². The highest BCUT2D eigenvalue weighted by Crippen LogP contribution is 2.34. The minimum Gasteiger partial charge on any atom is -0.487 e. The van der Waals surface area contributed by atoms with Crippen molar-refractivity contribution in [1.82, 2.24) is 9.80 Å². The van der Waals surface area contributed by atoms with Gasteiger partial charge in [0.05, 0.1) is 25.3 Å². The lowest BCUT2D eigenvalue weighted by Crippen LogP contribution is -2.46. The predicted molar refractivity (Wildman–Crippen MR) is 128 cm³/mol. The quantitative estimate of drug-likeness (QED) is 0.270. The summed E-state index contributed by atoms with van der Waals surface area (Å²) in [5.41, 5.74) is 0.787. The van der Waals surface area contributed by atoms with Crippen LogP contribution in [0.5, 0.6) is 5.75 Å². The Kier molecular flexibility index (Phi) is 7.99. The van der Waals surface area contributed by atoms with E-state index in [0.717, 1.165) is 35.1 Å². The molecular formula is C19H18I2N2O5S. The number of halogens is 2. The van der Waals surface area contributed by atoms with Crippen molar-refractivity contribution in [3.63, 3.8) is 0 Å². The number of thioether (sulfide) groups is 1. The van der Waals surface area contributed by atoms with Crippen molar-refractivity contribution in [3.05, 3.63) is 42.4 Å². The number of hydrogen-bond donors (Lipinski definition) is 0. The number of amides is 3. The molecule has 0 aromatic heterocycles. The summed E-state index contributed by atoms with van der Waals surface area (Å²) in [5.74, 6) is 0.0655. The van der Waals surface area contributed by atoms with Gasteiger partial charge >= 0.3 is 0 Å². The normalized spacial score (nSPS) is 18.5. The summed E-state index contributed by atoms with van der Waals surface area (Å²) in [5, 5.41) is -0.432. The van der Waals surface area contributed by atoms with Gasteiger partial charge in [0.15, 0.2) is 0 Å². The van der Waals surface area contributed by atoms with Crippen LogP contribution in [0.15, 0.2) is 29.7 Å². The second-order valence-electron chi connectivity index (χ2n) is 6.17. The zero-order chi connectivity index (χ0) is 21.0. The fourth-order valence-corrected chi connectivity index (χ4v) is 5.74. The molecule has 29 heavy (non-hydrogen) atoms. The van der Waals surface area contributed by atoms with Crippen LogP contribution in [0, 0.1) is 7.14 Å². The summed E-state index contributed by atoms with van der Waals surface area (Å²) < 4.78 is 12.7. The third kappa shape index (κ3) is 5.52. The van der Waals surface area contributed by atoms with Crippen LogP contribution in [0.1, 0.15) is 5.56 Å². The van der Waals surface area contributed by atoms with Gasteiger partial charge in [-0.25, -0.2) is 0 Å². The van der Waals surface area contributed by atoms with Gasteiger partial charge in [-0.05, 0) is 80.7 Å². The molecule has 2 aliphatic heterocycles. The zero-order valence-corrected chi connectivity index (χ0v) is 20.5. The zero-order valence-electron chi connectivity index (χ0n) is 15.4. The van der Waals surface area contributed by atoms with E-state index >= 15 is 0 Å². The van der Waals surface area contributed by atoms with Crippen molar-refractivity contribution in [2.45, 2.75) is 0 Å². The van der Waals surface area contributed by atoms with Crippen LogP contribution in [-0.4, -0.2) is 66.3 Å². The number of rotatable bonds is 6. The van der Waals surface area contributed by atoms with Crippen molar-refractivity contribution in [2.24, 2.45) is 0 Å². The molecule has 3 rings (SSSR count). The van der Waals surface area contributed by atoms with Gasteiger partial charge in [-0.15, -0.1) is 0 Å². The van der Waals surface area contributed by atoms with Gasteiger partial charge in [0, 0.05) is 13.1 Å². The number of carbonyl (C=O) groups excluding carboxylic acids is 3. The molecule has 7 nitrogen and oxygen atoms in total. The van der Waals surface area contributed by atoms with E-state index in [4.69, 9.17) is 9.47 Å². The van der Waals surface area contributed by atoms with E-state index < -0.39 is 11.1 Å². The third-order valence-corrected chi connectivity index (χ3v) is 6.70. The topological polar surface area (TPSA) is 76.2 Å². The number of imide groups is 1. The molecule has 1 aromatic rings. The first-order valence-corrected chi connectivity index (χ1v) is 11.7. The van der Waals surface area contributed by atoms with E-state index in [1.807, 2.05) is 12.1 Å². The van der Waals surface area contributed by atoms with Gasteiger partial charge < -0.3 is 14.4 Å². The Morgan fingerprint density at radius 3 is 2.52 bits per heavy atom. The van der Waals surface area contributed by atoms with Crippen molar-refractivity contribution < 1.29 is 23.9 Å². The molecule has 0 spiro atoms. The highest BCUT2D eigenvalue weighted by atomic mass is 127. The van der Waals surface area contributed by atoms with Crippen molar-refractivity contribution in [1.29, 1.82) is 0 Å². The van der Waals surface area contributed by atoms with Crippen LogP contribution >= 0.6 is 56.9 Å². The molecule has 2 heterocycles. The molecule has 0 saturated carbocycles. The highest BCUT2D eigenvalue weighted by Gasteiger charge is 2.37. The summed E-state index contributed by atoms with van der Waals surface area (Å²) in [7, 11) is 0. The Bertz CT molecular complexity index is 860. The van der Waals surface area contributed by atoms with E-state index in [1.54, 1.807) is 17.1 Å². The average Bonchev–Trinajstić information content (AvgIpc) is 2.95. The minimum atomic E-state index is -0.446. The number of nitrogens with zero attached hydrogens (tertiary/aromatic N) is 2. The first kappa shape index (κ1) is 22.6. The molecule has 3 amide bonds. The third-order valence-electron chi connectivity index (χ3n) is 4.19. The molecule has 10 heteroatoms. The summed E-state index contributed by atoms with van der Waals surface area (Å²) in [6, 6.07) is 3.77. The molecule has 2 saturated heterocycles. The summed E-state index contributed by atoms with van der Waals surface area (Å²) in [6.07, 6.45) is 3.35. The van der Waals surface area contributed by atoms with Crippen LogP contribution < -0.4 is 4.74 Å². The maximum absolute atomic E-state index is 12.7. The van der Waals surface area contributed by atoms with Crippen molar-refractivity contribution in [2.75, 3.05) is 39.5 Å². The molecule has 0 aliphatic carbocycles. The fraction of sp³-hybridized carbons (Fsp3) is 0.316. The Hall–Kier alpha value is -1.12. The summed E-state index contributed by atoms with van der Waals surface area (Å²) in [4.78, 5) is 40.3. The van der Waals surface area contributed by atoms with Crippen molar-refractivity contribution >= 4 is 80.1 Å². The largest absolute Gasteiger partial charge is 0.487 e. The number of morpholine rings is 1. The summed E-state index contributed by atoms with van der Waals surface area (Å²) >= 11 is 5.19. The van der Waals surface area contributed by atoms with Gasteiger partial charge in [0.1, 0.15) is 18.9 Å². The molecule has 0 N–H and O–H groups in total. The molecule has 2 fully saturated rings. The fourth-order valence-electron chi connectivity index (χ4n) is 2.78. The molecule has 2 aliphatic rings. The molecule has 1 aromatic carbocycles. The first-order chi connectivity index (χ1) is 13.9. The maximum atomic E-state index is 12.7. The molecular weight excluding hydrogens is 622 g/mol. The monoisotopic (exact) mass is 640 g/mol. The number of carbonyl (C=O) groups is 3.